The van der Waals surface area contributed by atoms with Crippen molar-refractivity contribution in [3.05, 3.63) is 0 Å². The molecule has 0 aliphatic rings. The van der Waals surface area contributed by atoms with Crippen LogP contribution in [0.1, 0.15) is 72.1 Å². The molecule has 3 heteroatoms. The molecule has 116 valence electrons. The first-order valence-electron chi connectivity index (χ1n) is 8.26. The Morgan fingerprint density at radius 2 is 1.32 bits per heavy atom. The number of rotatable bonds is 13. The summed E-state index contributed by atoms with van der Waals surface area (Å²) in [5, 5.41) is 0. The van der Waals surface area contributed by atoms with Crippen LogP contribution in [-0.4, -0.2) is 21.8 Å². The van der Waals surface area contributed by atoms with Gasteiger partial charge in [-0.15, -0.1) is 0 Å². The zero-order valence-corrected chi connectivity index (χ0v) is 15.0. The fourth-order valence-corrected chi connectivity index (χ4v) is 3.42. The molecule has 19 heavy (non-hydrogen) atoms. The Labute approximate surface area is 122 Å². The van der Waals surface area contributed by atoms with Crippen LogP contribution in [0.15, 0.2) is 0 Å². The highest BCUT2D eigenvalue weighted by atomic mass is 28.4. The maximum Gasteiger partial charge on any atom is 0.331 e. The number of hydrogen-bond donors (Lipinski definition) is 0. The lowest BCUT2D eigenvalue weighted by molar-refractivity contribution is 0.159. The van der Waals surface area contributed by atoms with Crippen molar-refractivity contribution in [3.63, 3.8) is 0 Å². The Hall–Kier alpha value is 0.137. The molecule has 0 aromatic carbocycles. The molecule has 0 radical (unpaired) electrons. The molecule has 0 amide bonds. The van der Waals surface area contributed by atoms with Crippen molar-refractivity contribution in [3.8, 4) is 0 Å². The summed E-state index contributed by atoms with van der Waals surface area (Å²) < 4.78 is 11.8. The molecule has 0 aliphatic heterocycles. The maximum absolute atomic E-state index is 5.94. The standard InChI is InChI=1S/C16H36O2Si/c1-6-7-8-9-10-11-12-13-14-17-19(4,5)18-15-16(2)3/h16H,6-15H2,1-5H3. The van der Waals surface area contributed by atoms with Crippen molar-refractivity contribution in [2.45, 2.75) is 85.2 Å². The van der Waals surface area contributed by atoms with Gasteiger partial charge in [-0.2, -0.15) is 0 Å². The van der Waals surface area contributed by atoms with Gasteiger partial charge in [0.25, 0.3) is 0 Å². The van der Waals surface area contributed by atoms with Crippen LogP contribution in [-0.2, 0) is 8.85 Å². The minimum atomic E-state index is -1.85. The fourth-order valence-electron chi connectivity index (χ4n) is 1.96. The van der Waals surface area contributed by atoms with E-state index in [4.69, 9.17) is 8.85 Å². The predicted molar refractivity (Wildman–Crippen MR) is 86.8 cm³/mol. The van der Waals surface area contributed by atoms with E-state index in [-0.39, 0.29) is 0 Å². The van der Waals surface area contributed by atoms with Crippen molar-refractivity contribution >= 4 is 8.56 Å². The Morgan fingerprint density at radius 1 is 0.789 bits per heavy atom. The van der Waals surface area contributed by atoms with Gasteiger partial charge in [-0.3, -0.25) is 0 Å². The largest absolute Gasteiger partial charge is 0.395 e. The Balaban J connectivity index is 3.32. The highest BCUT2D eigenvalue weighted by Gasteiger charge is 2.24. The van der Waals surface area contributed by atoms with Crippen LogP contribution in [0.5, 0.6) is 0 Å². The molecule has 0 spiro atoms. The topological polar surface area (TPSA) is 18.5 Å². The third-order valence-electron chi connectivity index (χ3n) is 3.21. The van der Waals surface area contributed by atoms with Crippen molar-refractivity contribution < 1.29 is 8.85 Å². The Bertz CT molecular complexity index is 193. The van der Waals surface area contributed by atoms with Gasteiger partial charge in [-0.1, -0.05) is 65.7 Å². The second-order valence-corrected chi connectivity index (χ2v) is 9.81. The van der Waals surface area contributed by atoms with E-state index in [9.17, 15) is 0 Å². The van der Waals surface area contributed by atoms with Crippen LogP contribution in [0.25, 0.3) is 0 Å². The molecule has 0 rings (SSSR count). The molecule has 2 nitrogen and oxygen atoms in total. The van der Waals surface area contributed by atoms with Crippen LogP contribution >= 0.6 is 0 Å². The van der Waals surface area contributed by atoms with Crippen LogP contribution in [0.4, 0.5) is 0 Å². The molecule has 0 aromatic rings. The smallest absolute Gasteiger partial charge is 0.331 e. The van der Waals surface area contributed by atoms with E-state index < -0.39 is 8.56 Å². The second kappa shape index (κ2) is 11.9. The molecule has 0 bridgehead atoms. The molecule has 0 aromatic heterocycles. The lowest BCUT2D eigenvalue weighted by atomic mass is 10.1. The van der Waals surface area contributed by atoms with Crippen molar-refractivity contribution in [1.82, 2.24) is 0 Å². The van der Waals surface area contributed by atoms with Gasteiger partial charge in [0.15, 0.2) is 0 Å². The quantitative estimate of drug-likeness (QED) is 0.328. The zero-order valence-electron chi connectivity index (χ0n) is 14.0. The monoisotopic (exact) mass is 288 g/mol. The van der Waals surface area contributed by atoms with E-state index >= 15 is 0 Å². The summed E-state index contributed by atoms with van der Waals surface area (Å²) in [6, 6.07) is 0. The molecule has 0 atom stereocenters. The third-order valence-corrected chi connectivity index (χ3v) is 4.97. The molecular formula is C16H36O2Si. The lowest BCUT2D eigenvalue weighted by Gasteiger charge is -2.24. The van der Waals surface area contributed by atoms with Gasteiger partial charge in [0.05, 0.1) is 0 Å². The zero-order chi connectivity index (χ0) is 14.6. The molecular weight excluding hydrogens is 252 g/mol. The van der Waals surface area contributed by atoms with E-state index in [1.54, 1.807) is 0 Å². The van der Waals surface area contributed by atoms with E-state index in [0.29, 0.717) is 5.92 Å². The van der Waals surface area contributed by atoms with Crippen LogP contribution in [0, 0.1) is 5.92 Å². The summed E-state index contributed by atoms with van der Waals surface area (Å²) in [4.78, 5) is 0. The fraction of sp³-hybridized carbons (Fsp3) is 1.00. The van der Waals surface area contributed by atoms with E-state index in [0.717, 1.165) is 13.2 Å². The molecule has 0 N–H and O–H groups in total. The normalized spacial score (nSPS) is 12.3. The Kier molecular flexibility index (Phi) is 12.0. The van der Waals surface area contributed by atoms with Gasteiger partial charge in [0, 0.05) is 13.2 Å². The number of hydrogen-bond acceptors (Lipinski definition) is 2. The first-order chi connectivity index (χ1) is 8.98. The summed E-state index contributed by atoms with van der Waals surface area (Å²) in [6.45, 7) is 12.7. The summed E-state index contributed by atoms with van der Waals surface area (Å²) >= 11 is 0. The third kappa shape index (κ3) is 14.4. The van der Waals surface area contributed by atoms with Crippen molar-refractivity contribution in [2.75, 3.05) is 13.2 Å². The van der Waals surface area contributed by atoms with Crippen LogP contribution < -0.4 is 0 Å². The molecule has 0 heterocycles. The van der Waals surface area contributed by atoms with Crippen molar-refractivity contribution in [1.29, 1.82) is 0 Å². The van der Waals surface area contributed by atoms with E-state index in [1.807, 2.05) is 0 Å². The predicted octanol–water partition coefficient (Wildman–Crippen LogP) is 5.52. The molecule has 0 fully saturated rings. The molecule has 0 aliphatic carbocycles. The van der Waals surface area contributed by atoms with Gasteiger partial charge in [0.1, 0.15) is 0 Å². The second-order valence-electron chi connectivity index (χ2n) is 6.43. The SMILES string of the molecule is CCCCCCCCCCO[Si](C)(C)OCC(C)C. The minimum absolute atomic E-state index is 0.596. The highest BCUT2D eigenvalue weighted by molar-refractivity contribution is 6.64. The van der Waals surface area contributed by atoms with E-state index in [1.165, 1.54) is 51.4 Å². The van der Waals surface area contributed by atoms with E-state index in [2.05, 4.69) is 33.9 Å². The maximum atomic E-state index is 5.94. The summed E-state index contributed by atoms with van der Waals surface area (Å²) in [5.74, 6) is 0.596. The van der Waals surface area contributed by atoms with Gasteiger partial charge >= 0.3 is 8.56 Å². The van der Waals surface area contributed by atoms with Crippen LogP contribution in [0.2, 0.25) is 13.1 Å². The molecule has 0 saturated heterocycles. The van der Waals surface area contributed by atoms with Gasteiger partial charge in [-0.05, 0) is 25.4 Å². The summed E-state index contributed by atoms with van der Waals surface area (Å²) in [5.41, 5.74) is 0. The summed E-state index contributed by atoms with van der Waals surface area (Å²) in [7, 11) is -1.85. The average molecular weight is 289 g/mol. The summed E-state index contributed by atoms with van der Waals surface area (Å²) in [6.07, 6.45) is 10.8. The average Bonchev–Trinajstić information content (AvgIpc) is 2.34. The van der Waals surface area contributed by atoms with Crippen molar-refractivity contribution in [2.24, 2.45) is 5.92 Å². The first kappa shape index (κ1) is 19.1. The minimum Gasteiger partial charge on any atom is -0.395 e. The Morgan fingerprint density at radius 3 is 1.84 bits per heavy atom. The first-order valence-corrected chi connectivity index (χ1v) is 11.1. The van der Waals surface area contributed by atoms with Gasteiger partial charge in [0.2, 0.25) is 0 Å². The lowest BCUT2D eigenvalue weighted by Crippen LogP contribution is -2.36. The highest BCUT2D eigenvalue weighted by Crippen LogP contribution is 2.12. The van der Waals surface area contributed by atoms with Gasteiger partial charge < -0.3 is 8.85 Å². The van der Waals surface area contributed by atoms with Crippen LogP contribution in [0.3, 0.4) is 0 Å². The van der Waals surface area contributed by atoms with Gasteiger partial charge in [-0.25, -0.2) is 0 Å². The molecule has 0 saturated carbocycles. The molecule has 0 unspecified atom stereocenters. The number of unbranched alkanes of at least 4 members (excludes halogenated alkanes) is 7.